The van der Waals surface area contributed by atoms with Crippen LogP contribution in [0.5, 0.6) is 5.75 Å². The fourth-order valence-corrected chi connectivity index (χ4v) is 2.95. The fourth-order valence-electron chi connectivity index (χ4n) is 2.46. The molecule has 2 aromatic carbocycles. The molecule has 0 unspecified atom stereocenters. The number of phenolic OH excluding ortho intramolecular Hbond substituents is 1. The first-order chi connectivity index (χ1) is 9.56. The Morgan fingerprint density at radius 3 is 2.85 bits per heavy atom. The molecule has 3 rings (SSSR count). The first-order valence-corrected chi connectivity index (χ1v) is 7.33. The van der Waals surface area contributed by atoms with E-state index in [9.17, 15) is 9.90 Å². The quantitative estimate of drug-likeness (QED) is 0.591. The molecule has 0 aliphatic carbocycles. The van der Waals surface area contributed by atoms with E-state index in [1.807, 2.05) is 12.1 Å². The summed E-state index contributed by atoms with van der Waals surface area (Å²) in [5.74, 6) is -0.163. The number of amides is 1. The predicted octanol–water partition coefficient (Wildman–Crippen LogP) is 2.78. The Morgan fingerprint density at radius 2 is 2.05 bits per heavy atom. The highest BCUT2D eigenvalue weighted by molar-refractivity contribution is 14.1. The van der Waals surface area contributed by atoms with Crippen molar-refractivity contribution in [2.24, 2.45) is 0 Å². The zero-order valence-corrected chi connectivity index (χ0v) is 12.8. The second-order valence-electron chi connectivity index (χ2n) is 4.76. The summed E-state index contributed by atoms with van der Waals surface area (Å²) >= 11 is 2.12. The van der Waals surface area contributed by atoms with E-state index in [2.05, 4.69) is 22.6 Å². The number of nitrogens with two attached hydrogens (primary N) is 1. The predicted molar refractivity (Wildman–Crippen MR) is 87.1 cm³/mol. The number of hydrogen-bond acceptors (Lipinski definition) is 3. The molecule has 1 heterocycles. The molecule has 20 heavy (non-hydrogen) atoms. The molecule has 2 aromatic rings. The van der Waals surface area contributed by atoms with Crippen LogP contribution in [0.3, 0.4) is 0 Å². The molecule has 0 aromatic heterocycles. The van der Waals surface area contributed by atoms with E-state index in [1.165, 1.54) is 0 Å². The number of anilines is 2. The standard InChI is InChI=1S/C15H13IN2O2/c16-10-1-4-14(19)12(8-10)15(20)18-6-5-9-7-11(17)2-3-13(9)18/h1-4,7-8,19H,5-6,17H2. The lowest BCUT2D eigenvalue weighted by atomic mass is 10.1. The number of rotatable bonds is 1. The first-order valence-electron chi connectivity index (χ1n) is 6.25. The summed E-state index contributed by atoms with van der Waals surface area (Å²) < 4.78 is 0.917. The van der Waals surface area contributed by atoms with Gasteiger partial charge in [-0.25, -0.2) is 0 Å². The van der Waals surface area contributed by atoms with Crippen molar-refractivity contribution in [3.8, 4) is 5.75 Å². The van der Waals surface area contributed by atoms with Crippen LogP contribution in [0.15, 0.2) is 36.4 Å². The molecular formula is C15H13IN2O2. The fraction of sp³-hybridized carbons (Fsp3) is 0.133. The number of carbonyl (C=O) groups is 1. The van der Waals surface area contributed by atoms with Crippen LogP contribution in [0.25, 0.3) is 0 Å². The summed E-state index contributed by atoms with van der Waals surface area (Å²) in [5.41, 5.74) is 8.75. The van der Waals surface area contributed by atoms with Gasteiger partial charge in [-0.2, -0.15) is 0 Å². The lowest BCUT2D eigenvalue weighted by Crippen LogP contribution is -2.29. The minimum Gasteiger partial charge on any atom is -0.507 e. The second-order valence-corrected chi connectivity index (χ2v) is 6.00. The number of phenols is 1. The average Bonchev–Trinajstić information content (AvgIpc) is 2.83. The minimum atomic E-state index is -0.176. The van der Waals surface area contributed by atoms with Crippen molar-refractivity contribution in [2.45, 2.75) is 6.42 Å². The van der Waals surface area contributed by atoms with Crippen LogP contribution in [-0.2, 0) is 6.42 Å². The Morgan fingerprint density at radius 1 is 1.25 bits per heavy atom. The van der Waals surface area contributed by atoms with E-state index in [0.717, 1.165) is 21.2 Å². The van der Waals surface area contributed by atoms with Crippen LogP contribution in [-0.4, -0.2) is 17.6 Å². The summed E-state index contributed by atoms with van der Waals surface area (Å²) in [5, 5.41) is 9.89. The minimum absolute atomic E-state index is 0.0133. The van der Waals surface area contributed by atoms with Crippen molar-refractivity contribution in [1.29, 1.82) is 0 Å². The summed E-state index contributed by atoms with van der Waals surface area (Å²) in [4.78, 5) is 14.3. The van der Waals surface area contributed by atoms with Gasteiger partial charge in [0, 0.05) is 21.5 Å². The van der Waals surface area contributed by atoms with Crippen LogP contribution in [0.4, 0.5) is 11.4 Å². The van der Waals surface area contributed by atoms with Crippen molar-refractivity contribution < 1.29 is 9.90 Å². The smallest absolute Gasteiger partial charge is 0.262 e. The summed E-state index contributed by atoms with van der Waals surface area (Å²) in [6.45, 7) is 0.614. The number of carbonyl (C=O) groups excluding carboxylic acids is 1. The van der Waals surface area contributed by atoms with Crippen LogP contribution in [0.2, 0.25) is 0 Å². The molecule has 0 atom stereocenters. The molecule has 1 aliphatic rings. The van der Waals surface area contributed by atoms with Gasteiger partial charge in [-0.05, 0) is 71.0 Å². The van der Waals surface area contributed by atoms with Gasteiger partial charge in [-0.15, -0.1) is 0 Å². The molecule has 0 fully saturated rings. The Kier molecular flexibility index (Phi) is 3.29. The number of fused-ring (bicyclic) bond motifs is 1. The third-order valence-electron chi connectivity index (χ3n) is 3.43. The van der Waals surface area contributed by atoms with Crippen LogP contribution < -0.4 is 10.6 Å². The van der Waals surface area contributed by atoms with E-state index < -0.39 is 0 Å². The van der Waals surface area contributed by atoms with Gasteiger partial charge in [-0.1, -0.05) is 0 Å². The number of halogens is 1. The topological polar surface area (TPSA) is 66.6 Å². The lowest BCUT2D eigenvalue weighted by Gasteiger charge is -2.18. The Balaban J connectivity index is 2.00. The highest BCUT2D eigenvalue weighted by atomic mass is 127. The van der Waals surface area contributed by atoms with Crippen molar-refractivity contribution in [3.05, 3.63) is 51.1 Å². The van der Waals surface area contributed by atoms with Crippen LogP contribution in [0, 0.1) is 3.57 Å². The van der Waals surface area contributed by atoms with Crippen molar-refractivity contribution in [1.82, 2.24) is 0 Å². The number of hydrogen-bond donors (Lipinski definition) is 2. The van der Waals surface area contributed by atoms with E-state index >= 15 is 0 Å². The Labute approximate surface area is 130 Å². The number of benzene rings is 2. The van der Waals surface area contributed by atoms with E-state index in [-0.39, 0.29) is 11.7 Å². The second kappa shape index (κ2) is 4.97. The van der Waals surface area contributed by atoms with Gasteiger partial charge in [0.15, 0.2) is 0 Å². The maximum absolute atomic E-state index is 12.6. The number of aromatic hydroxyl groups is 1. The first kappa shape index (κ1) is 13.2. The monoisotopic (exact) mass is 380 g/mol. The molecular weight excluding hydrogens is 367 g/mol. The van der Waals surface area contributed by atoms with Gasteiger partial charge in [0.1, 0.15) is 5.75 Å². The number of nitrogen functional groups attached to an aromatic ring is 1. The maximum atomic E-state index is 12.6. The van der Waals surface area contributed by atoms with E-state index in [4.69, 9.17) is 5.73 Å². The molecule has 0 radical (unpaired) electrons. The zero-order chi connectivity index (χ0) is 14.3. The van der Waals surface area contributed by atoms with Crippen LogP contribution in [0.1, 0.15) is 15.9 Å². The molecule has 0 saturated heterocycles. The average molecular weight is 380 g/mol. The van der Waals surface area contributed by atoms with Gasteiger partial charge in [-0.3, -0.25) is 4.79 Å². The summed E-state index contributed by atoms with van der Waals surface area (Å²) in [6, 6.07) is 10.6. The lowest BCUT2D eigenvalue weighted by molar-refractivity contribution is 0.0987. The van der Waals surface area contributed by atoms with Crippen molar-refractivity contribution in [3.63, 3.8) is 0 Å². The molecule has 5 heteroatoms. The molecule has 0 spiro atoms. The Bertz CT molecular complexity index is 700. The number of nitrogens with zero attached hydrogens (tertiary/aromatic N) is 1. The van der Waals surface area contributed by atoms with Gasteiger partial charge in [0.2, 0.25) is 0 Å². The Hall–Kier alpha value is -1.76. The SMILES string of the molecule is Nc1ccc2c(c1)CCN2C(=O)c1cc(I)ccc1O. The van der Waals surface area contributed by atoms with E-state index in [0.29, 0.717) is 17.8 Å². The summed E-state index contributed by atoms with van der Waals surface area (Å²) in [6.07, 6.45) is 0.788. The highest BCUT2D eigenvalue weighted by Crippen LogP contribution is 2.32. The third-order valence-corrected chi connectivity index (χ3v) is 4.10. The summed E-state index contributed by atoms with van der Waals surface area (Å²) in [7, 11) is 0. The van der Waals surface area contributed by atoms with Gasteiger partial charge in [0.05, 0.1) is 5.56 Å². The van der Waals surface area contributed by atoms with Gasteiger partial charge < -0.3 is 15.7 Å². The molecule has 1 aliphatic heterocycles. The zero-order valence-electron chi connectivity index (χ0n) is 10.6. The van der Waals surface area contributed by atoms with Gasteiger partial charge in [0.25, 0.3) is 5.91 Å². The van der Waals surface area contributed by atoms with E-state index in [1.54, 1.807) is 29.2 Å². The molecule has 3 N–H and O–H groups in total. The van der Waals surface area contributed by atoms with Gasteiger partial charge >= 0.3 is 0 Å². The highest BCUT2D eigenvalue weighted by Gasteiger charge is 2.27. The molecule has 1 amide bonds. The van der Waals surface area contributed by atoms with Crippen molar-refractivity contribution in [2.75, 3.05) is 17.2 Å². The molecule has 0 saturated carbocycles. The molecule has 102 valence electrons. The maximum Gasteiger partial charge on any atom is 0.262 e. The van der Waals surface area contributed by atoms with Crippen molar-refractivity contribution >= 4 is 39.9 Å². The third kappa shape index (κ3) is 2.22. The largest absolute Gasteiger partial charge is 0.507 e. The molecule has 0 bridgehead atoms. The van der Waals surface area contributed by atoms with Crippen LogP contribution >= 0.6 is 22.6 Å². The molecule has 4 nitrogen and oxygen atoms in total. The normalized spacial score (nSPS) is 13.3.